The Morgan fingerprint density at radius 3 is 2.94 bits per heavy atom. The van der Waals surface area contributed by atoms with Gasteiger partial charge in [0, 0.05) is 25.6 Å². The summed E-state index contributed by atoms with van der Waals surface area (Å²) in [6.45, 7) is 4.61. The predicted molar refractivity (Wildman–Crippen MR) is 69.5 cm³/mol. The summed E-state index contributed by atoms with van der Waals surface area (Å²) in [5.74, 6) is 0.149. The normalized spacial score (nSPS) is 32.2. The molecule has 2 aliphatic heterocycles. The van der Waals surface area contributed by atoms with E-state index in [0.29, 0.717) is 19.0 Å². The van der Waals surface area contributed by atoms with Crippen LogP contribution in [0.25, 0.3) is 0 Å². The van der Waals surface area contributed by atoms with Crippen LogP contribution in [-0.2, 0) is 9.53 Å². The lowest BCUT2D eigenvalue weighted by Crippen LogP contribution is -2.41. The van der Waals surface area contributed by atoms with E-state index in [0.717, 1.165) is 32.4 Å². The van der Waals surface area contributed by atoms with Gasteiger partial charge in [0.25, 0.3) is 0 Å². The fraction of sp³-hybridized carbons (Fsp3) is 0.917. The Morgan fingerprint density at radius 2 is 2.35 bits per heavy atom. The first-order chi connectivity index (χ1) is 7.68. The molecule has 2 heterocycles. The molecule has 0 aliphatic carbocycles. The van der Waals surface area contributed by atoms with Crippen LogP contribution in [-0.4, -0.2) is 37.2 Å². The molecule has 0 spiro atoms. The molecule has 2 unspecified atom stereocenters. The number of halogens is 1. The SMILES string of the molecule is CC1(CNC(=O)CC2CCCN2)CCCO1.Cl. The van der Waals surface area contributed by atoms with E-state index >= 15 is 0 Å². The van der Waals surface area contributed by atoms with Crippen LogP contribution in [0, 0.1) is 0 Å². The average Bonchev–Trinajstić information content (AvgIpc) is 2.88. The van der Waals surface area contributed by atoms with Crippen LogP contribution < -0.4 is 10.6 Å². The largest absolute Gasteiger partial charge is 0.373 e. The number of carbonyl (C=O) groups is 1. The highest BCUT2D eigenvalue weighted by atomic mass is 35.5. The second kappa shape index (κ2) is 6.57. The van der Waals surface area contributed by atoms with E-state index in [4.69, 9.17) is 4.74 Å². The van der Waals surface area contributed by atoms with Gasteiger partial charge in [-0.05, 0) is 39.2 Å². The van der Waals surface area contributed by atoms with Crippen LogP contribution in [0.3, 0.4) is 0 Å². The molecule has 4 nitrogen and oxygen atoms in total. The lowest BCUT2D eigenvalue weighted by atomic mass is 10.0. The summed E-state index contributed by atoms with van der Waals surface area (Å²) in [4.78, 5) is 11.7. The summed E-state index contributed by atoms with van der Waals surface area (Å²) < 4.78 is 5.63. The van der Waals surface area contributed by atoms with Crippen LogP contribution >= 0.6 is 12.4 Å². The summed E-state index contributed by atoms with van der Waals surface area (Å²) in [6, 6.07) is 0.386. The maximum Gasteiger partial charge on any atom is 0.221 e. The van der Waals surface area contributed by atoms with Crippen molar-refractivity contribution in [2.24, 2.45) is 0 Å². The molecule has 2 N–H and O–H groups in total. The van der Waals surface area contributed by atoms with Crippen molar-refractivity contribution in [1.82, 2.24) is 10.6 Å². The van der Waals surface area contributed by atoms with Gasteiger partial charge >= 0.3 is 0 Å². The van der Waals surface area contributed by atoms with Gasteiger partial charge in [-0.15, -0.1) is 12.4 Å². The summed E-state index contributed by atoms with van der Waals surface area (Å²) in [6.07, 6.45) is 5.08. The van der Waals surface area contributed by atoms with Crippen molar-refractivity contribution in [3.05, 3.63) is 0 Å². The Hall–Kier alpha value is -0.320. The van der Waals surface area contributed by atoms with Gasteiger partial charge in [-0.2, -0.15) is 0 Å². The Balaban J connectivity index is 0.00000144. The molecule has 2 rings (SSSR count). The highest BCUT2D eigenvalue weighted by Gasteiger charge is 2.30. The number of nitrogens with one attached hydrogen (secondary N) is 2. The van der Waals surface area contributed by atoms with Gasteiger partial charge in [0.15, 0.2) is 0 Å². The van der Waals surface area contributed by atoms with Crippen molar-refractivity contribution in [2.75, 3.05) is 19.7 Å². The molecule has 5 heteroatoms. The van der Waals surface area contributed by atoms with Gasteiger partial charge < -0.3 is 15.4 Å². The monoisotopic (exact) mass is 262 g/mol. The summed E-state index contributed by atoms with van der Waals surface area (Å²) in [5.41, 5.74) is -0.126. The molecule has 0 saturated carbocycles. The standard InChI is InChI=1S/C12H22N2O2.ClH/c1-12(5-3-7-16-12)9-14-11(15)8-10-4-2-6-13-10;/h10,13H,2-9H2,1H3,(H,14,15);1H. The van der Waals surface area contributed by atoms with Crippen LogP contribution in [0.2, 0.25) is 0 Å². The molecule has 1 amide bonds. The third-order valence-corrected chi connectivity index (χ3v) is 3.55. The number of carbonyl (C=O) groups excluding carboxylic acids is 1. The Bertz CT molecular complexity index is 249. The second-order valence-corrected chi connectivity index (χ2v) is 5.18. The molecule has 2 aliphatic rings. The Kier molecular flexibility index (Phi) is 5.70. The lowest BCUT2D eigenvalue weighted by molar-refractivity contribution is -0.122. The minimum atomic E-state index is -0.126. The van der Waals surface area contributed by atoms with Crippen molar-refractivity contribution >= 4 is 18.3 Å². The molecular weight excluding hydrogens is 240 g/mol. The van der Waals surface area contributed by atoms with Gasteiger partial charge in [0.2, 0.25) is 5.91 Å². The van der Waals surface area contributed by atoms with Crippen LogP contribution in [0.1, 0.15) is 39.0 Å². The first kappa shape index (κ1) is 14.7. The molecule has 0 radical (unpaired) electrons. The summed E-state index contributed by atoms with van der Waals surface area (Å²) in [7, 11) is 0. The van der Waals surface area contributed by atoms with Crippen LogP contribution in [0.4, 0.5) is 0 Å². The molecular formula is C12H23ClN2O2. The zero-order chi connectivity index (χ0) is 11.4. The third kappa shape index (κ3) is 4.45. The number of hydrogen-bond donors (Lipinski definition) is 2. The highest BCUT2D eigenvalue weighted by Crippen LogP contribution is 2.23. The smallest absolute Gasteiger partial charge is 0.221 e. The maximum absolute atomic E-state index is 11.7. The van der Waals surface area contributed by atoms with E-state index in [-0.39, 0.29) is 23.9 Å². The predicted octanol–water partition coefficient (Wildman–Crippen LogP) is 1.24. The van der Waals surface area contributed by atoms with E-state index in [9.17, 15) is 4.79 Å². The summed E-state index contributed by atoms with van der Waals surface area (Å²) in [5, 5.41) is 6.32. The highest BCUT2D eigenvalue weighted by molar-refractivity contribution is 5.85. The van der Waals surface area contributed by atoms with Gasteiger partial charge in [-0.3, -0.25) is 4.79 Å². The molecule has 2 saturated heterocycles. The van der Waals surface area contributed by atoms with E-state index < -0.39 is 0 Å². The van der Waals surface area contributed by atoms with Crippen molar-refractivity contribution < 1.29 is 9.53 Å². The van der Waals surface area contributed by atoms with Crippen LogP contribution in [0.5, 0.6) is 0 Å². The zero-order valence-corrected chi connectivity index (χ0v) is 11.3. The maximum atomic E-state index is 11.7. The van der Waals surface area contributed by atoms with Crippen molar-refractivity contribution in [3.8, 4) is 0 Å². The quantitative estimate of drug-likeness (QED) is 0.802. The zero-order valence-electron chi connectivity index (χ0n) is 10.5. The number of amides is 1. The molecule has 100 valence electrons. The van der Waals surface area contributed by atoms with Gasteiger partial charge in [-0.25, -0.2) is 0 Å². The molecule has 0 aromatic heterocycles. The minimum absolute atomic E-state index is 0. The van der Waals surface area contributed by atoms with Crippen molar-refractivity contribution in [2.45, 2.75) is 50.7 Å². The topological polar surface area (TPSA) is 50.4 Å². The molecule has 0 aromatic rings. The van der Waals surface area contributed by atoms with Crippen LogP contribution in [0.15, 0.2) is 0 Å². The lowest BCUT2D eigenvalue weighted by Gasteiger charge is -2.23. The number of hydrogen-bond acceptors (Lipinski definition) is 3. The molecule has 0 bridgehead atoms. The fourth-order valence-electron chi connectivity index (χ4n) is 2.49. The average molecular weight is 263 g/mol. The van der Waals surface area contributed by atoms with E-state index in [1.807, 2.05) is 0 Å². The number of rotatable bonds is 4. The van der Waals surface area contributed by atoms with Gasteiger partial charge in [0.05, 0.1) is 5.60 Å². The van der Waals surface area contributed by atoms with E-state index in [2.05, 4.69) is 17.6 Å². The second-order valence-electron chi connectivity index (χ2n) is 5.18. The van der Waals surface area contributed by atoms with Gasteiger partial charge in [0.1, 0.15) is 0 Å². The minimum Gasteiger partial charge on any atom is -0.373 e. The first-order valence-corrected chi connectivity index (χ1v) is 6.32. The molecule has 2 fully saturated rings. The fourth-order valence-corrected chi connectivity index (χ4v) is 2.49. The van der Waals surface area contributed by atoms with E-state index in [1.54, 1.807) is 0 Å². The summed E-state index contributed by atoms with van der Waals surface area (Å²) >= 11 is 0. The Morgan fingerprint density at radius 1 is 1.53 bits per heavy atom. The van der Waals surface area contributed by atoms with Crippen molar-refractivity contribution in [3.63, 3.8) is 0 Å². The Labute approximate surface area is 109 Å². The molecule has 2 atom stereocenters. The van der Waals surface area contributed by atoms with E-state index in [1.165, 1.54) is 6.42 Å². The molecule has 17 heavy (non-hydrogen) atoms. The van der Waals surface area contributed by atoms with Gasteiger partial charge in [-0.1, -0.05) is 0 Å². The number of ether oxygens (including phenoxy) is 1. The third-order valence-electron chi connectivity index (χ3n) is 3.55. The van der Waals surface area contributed by atoms with Crippen molar-refractivity contribution in [1.29, 1.82) is 0 Å². The first-order valence-electron chi connectivity index (χ1n) is 6.32. The molecule has 0 aromatic carbocycles.